The molecule has 0 bridgehead atoms. The SMILES string of the molecule is CC.O=C1C=CC(=O)c2ccccc21.[2H]C. The minimum atomic E-state index is -0.0924. The summed E-state index contributed by atoms with van der Waals surface area (Å²) in [6.45, 7) is 4.00. The molecule has 0 radical (unpaired) electrons. The van der Waals surface area contributed by atoms with Crippen molar-refractivity contribution in [3.05, 3.63) is 47.5 Å². The van der Waals surface area contributed by atoms with Crippen LogP contribution >= 0.6 is 0 Å². The number of fused-ring (bicyclic) bond motifs is 1. The highest BCUT2D eigenvalue weighted by molar-refractivity contribution is 6.21. The Balaban J connectivity index is 0.000000509. The normalized spacial score (nSPS) is 12.6. The molecule has 0 aromatic heterocycles. The highest BCUT2D eigenvalue weighted by Crippen LogP contribution is 2.15. The van der Waals surface area contributed by atoms with Gasteiger partial charge in [0.1, 0.15) is 0 Å². The Kier molecular flexibility index (Phi) is 4.48. The van der Waals surface area contributed by atoms with E-state index >= 15 is 0 Å². The summed E-state index contributed by atoms with van der Waals surface area (Å²) in [7, 11) is 1.25. The van der Waals surface area contributed by atoms with Crippen LogP contribution in [0.5, 0.6) is 0 Å². The topological polar surface area (TPSA) is 34.1 Å². The fourth-order valence-electron chi connectivity index (χ4n) is 1.24. The maximum absolute atomic E-state index is 11.2. The van der Waals surface area contributed by atoms with E-state index in [9.17, 15) is 9.59 Å². The van der Waals surface area contributed by atoms with Gasteiger partial charge in [0.05, 0.1) is 0 Å². The summed E-state index contributed by atoms with van der Waals surface area (Å²) in [4.78, 5) is 22.4. The summed E-state index contributed by atoms with van der Waals surface area (Å²) >= 11 is 0. The van der Waals surface area contributed by atoms with Gasteiger partial charge in [-0.1, -0.05) is 45.5 Å². The van der Waals surface area contributed by atoms with Gasteiger partial charge in [-0.2, -0.15) is 0 Å². The van der Waals surface area contributed by atoms with E-state index in [1.807, 2.05) is 13.8 Å². The zero-order valence-corrected chi connectivity index (χ0v) is 9.28. The smallest absolute Gasteiger partial charge is 0.186 e. The molecular formula is C13H16O2. The minimum absolute atomic E-state index is 0.0924. The van der Waals surface area contributed by atoms with Crippen LogP contribution < -0.4 is 0 Å². The van der Waals surface area contributed by atoms with Gasteiger partial charge in [0.15, 0.2) is 11.6 Å². The number of allylic oxidation sites excluding steroid dienone is 2. The van der Waals surface area contributed by atoms with Crippen molar-refractivity contribution in [1.29, 1.82) is 0 Å². The number of ketones is 2. The standard InChI is InChI=1S/C10H6O2.C2H6.CH4/c11-9-5-6-10(12)8-4-2-1-3-7(8)9;1-2;/h1-6H;1-2H3;1H4/i;;1D. The Morgan fingerprint density at radius 3 is 1.60 bits per heavy atom. The Hall–Kier alpha value is -1.70. The van der Waals surface area contributed by atoms with Crippen molar-refractivity contribution < 1.29 is 11.0 Å². The molecule has 0 amide bonds. The van der Waals surface area contributed by atoms with Gasteiger partial charge in [-0.3, -0.25) is 9.59 Å². The van der Waals surface area contributed by atoms with Gasteiger partial charge >= 0.3 is 0 Å². The van der Waals surface area contributed by atoms with E-state index in [2.05, 4.69) is 0 Å². The maximum Gasteiger partial charge on any atom is 0.186 e. The van der Waals surface area contributed by atoms with E-state index < -0.39 is 0 Å². The van der Waals surface area contributed by atoms with Crippen molar-refractivity contribution in [2.45, 2.75) is 21.3 Å². The highest BCUT2D eigenvalue weighted by Gasteiger charge is 2.16. The fourth-order valence-corrected chi connectivity index (χ4v) is 1.24. The average molecular weight is 205 g/mol. The molecule has 0 heterocycles. The van der Waals surface area contributed by atoms with Crippen LogP contribution in [0.15, 0.2) is 36.4 Å². The molecule has 0 fully saturated rings. The molecule has 2 nitrogen and oxygen atoms in total. The third-order valence-electron chi connectivity index (χ3n) is 1.84. The summed E-state index contributed by atoms with van der Waals surface area (Å²) in [5, 5.41) is 0. The molecule has 2 rings (SSSR count). The number of hydrogen-bond donors (Lipinski definition) is 0. The zero-order chi connectivity index (χ0) is 12.6. The van der Waals surface area contributed by atoms with Gasteiger partial charge in [0.2, 0.25) is 0 Å². The number of carbonyl (C=O) groups excluding carboxylic acids is 2. The second-order valence-corrected chi connectivity index (χ2v) is 2.61. The van der Waals surface area contributed by atoms with E-state index in [1.54, 1.807) is 24.3 Å². The third-order valence-corrected chi connectivity index (χ3v) is 1.84. The molecule has 1 aromatic rings. The molecule has 0 unspecified atom stereocenters. The molecular weight excluding hydrogens is 188 g/mol. The Bertz CT molecular complexity index is 358. The minimum Gasteiger partial charge on any atom is -0.289 e. The Labute approximate surface area is 92.0 Å². The largest absolute Gasteiger partial charge is 0.289 e. The first-order chi connectivity index (χ1) is 7.79. The van der Waals surface area contributed by atoms with Gasteiger partial charge in [0.25, 0.3) is 0 Å². The number of carbonyl (C=O) groups is 2. The van der Waals surface area contributed by atoms with E-state index in [-0.39, 0.29) is 11.6 Å². The van der Waals surface area contributed by atoms with Crippen LogP contribution in [0.1, 0.15) is 43.3 Å². The van der Waals surface area contributed by atoms with Crippen LogP contribution in [0.3, 0.4) is 0 Å². The second kappa shape index (κ2) is 5.91. The molecule has 0 aliphatic heterocycles. The van der Waals surface area contributed by atoms with Crippen LogP contribution in [-0.4, -0.2) is 11.6 Å². The molecule has 15 heavy (non-hydrogen) atoms. The average Bonchev–Trinajstić information content (AvgIpc) is 2.39. The lowest BCUT2D eigenvalue weighted by atomic mass is 9.95. The molecule has 2 heteroatoms. The van der Waals surface area contributed by atoms with Crippen molar-refractivity contribution in [2.75, 3.05) is 0 Å². The van der Waals surface area contributed by atoms with Crippen LogP contribution in [0.4, 0.5) is 0 Å². The summed E-state index contributed by atoms with van der Waals surface area (Å²) in [5.41, 5.74) is 1.01. The van der Waals surface area contributed by atoms with E-state index in [0.29, 0.717) is 11.1 Å². The molecule has 80 valence electrons. The first kappa shape index (κ1) is 11.4. The first-order valence-corrected chi connectivity index (χ1v) is 4.65. The van der Waals surface area contributed by atoms with Crippen molar-refractivity contribution >= 4 is 11.6 Å². The fraction of sp³-hybridized carbons (Fsp3) is 0.231. The van der Waals surface area contributed by atoms with Gasteiger partial charge in [0, 0.05) is 12.5 Å². The molecule has 1 aliphatic rings. The molecule has 0 saturated heterocycles. The van der Waals surface area contributed by atoms with Crippen LogP contribution in [-0.2, 0) is 0 Å². The number of hydrogen-bond acceptors (Lipinski definition) is 2. The van der Waals surface area contributed by atoms with Crippen molar-refractivity contribution in [2.24, 2.45) is 0 Å². The lowest BCUT2D eigenvalue weighted by Gasteiger charge is -2.06. The van der Waals surface area contributed by atoms with Crippen molar-refractivity contribution in [3.63, 3.8) is 0 Å². The van der Waals surface area contributed by atoms with Crippen LogP contribution in [0.25, 0.3) is 0 Å². The number of benzene rings is 1. The van der Waals surface area contributed by atoms with Crippen molar-refractivity contribution in [1.82, 2.24) is 0 Å². The predicted octanol–water partition coefficient (Wildman–Crippen LogP) is 3.28. The summed E-state index contributed by atoms with van der Waals surface area (Å²) < 4.78 is 5.75. The summed E-state index contributed by atoms with van der Waals surface area (Å²) in [6.07, 6.45) is 2.62. The van der Waals surface area contributed by atoms with Gasteiger partial charge < -0.3 is 0 Å². The molecule has 0 spiro atoms. The Morgan fingerprint density at radius 1 is 0.933 bits per heavy atom. The monoisotopic (exact) mass is 205 g/mol. The van der Waals surface area contributed by atoms with Gasteiger partial charge in [-0.05, 0) is 12.2 Å². The van der Waals surface area contributed by atoms with E-state index in [0.717, 1.165) is 0 Å². The first-order valence-electron chi connectivity index (χ1n) is 5.65. The van der Waals surface area contributed by atoms with E-state index in [1.165, 1.54) is 19.6 Å². The molecule has 1 aliphatic carbocycles. The lowest BCUT2D eigenvalue weighted by molar-refractivity contribution is 0.0994. The third kappa shape index (κ3) is 2.62. The van der Waals surface area contributed by atoms with Gasteiger partial charge in [-0.15, -0.1) is 0 Å². The summed E-state index contributed by atoms with van der Waals surface area (Å²) in [5.74, 6) is -0.185. The lowest BCUT2D eigenvalue weighted by Crippen LogP contribution is -2.10. The highest BCUT2D eigenvalue weighted by atomic mass is 16.1. The quantitative estimate of drug-likeness (QED) is 0.651. The summed E-state index contributed by atoms with van der Waals surface area (Å²) in [6, 6.07) is 6.84. The second-order valence-electron chi connectivity index (χ2n) is 2.61. The molecule has 1 aromatic carbocycles. The molecule has 0 N–H and O–H groups in total. The van der Waals surface area contributed by atoms with Crippen molar-refractivity contribution in [3.8, 4) is 0 Å². The van der Waals surface area contributed by atoms with E-state index in [4.69, 9.17) is 1.37 Å². The van der Waals surface area contributed by atoms with Crippen LogP contribution in [0.2, 0.25) is 0 Å². The Morgan fingerprint density at radius 2 is 1.27 bits per heavy atom. The number of rotatable bonds is 0. The molecule has 0 atom stereocenters. The zero-order valence-electron chi connectivity index (χ0n) is 10.3. The van der Waals surface area contributed by atoms with Crippen LogP contribution in [0, 0.1) is 0 Å². The van der Waals surface area contributed by atoms with Gasteiger partial charge in [-0.25, -0.2) is 0 Å². The predicted molar refractivity (Wildman–Crippen MR) is 62.3 cm³/mol. The maximum atomic E-state index is 11.2. The molecule has 0 saturated carbocycles.